The zero-order valence-electron chi connectivity index (χ0n) is 9.62. The maximum absolute atomic E-state index is 2.31. The Morgan fingerprint density at radius 1 is 1.06 bits per heavy atom. The van der Waals surface area contributed by atoms with Crippen LogP contribution in [0.15, 0.2) is 54.6 Å². The van der Waals surface area contributed by atoms with E-state index < -0.39 is 0 Å². The summed E-state index contributed by atoms with van der Waals surface area (Å²) in [5.41, 5.74) is 1.41. The molecule has 1 atom stereocenters. The van der Waals surface area contributed by atoms with Crippen molar-refractivity contribution in [2.75, 3.05) is 5.75 Å². The van der Waals surface area contributed by atoms with Gasteiger partial charge in [0.1, 0.15) is 0 Å². The summed E-state index contributed by atoms with van der Waals surface area (Å²) in [5.74, 6) is 3.04. The minimum absolute atomic E-state index is 0.731. The van der Waals surface area contributed by atoms with Crippen LogP contribution in [0.25, 0.3) is 0 Å². The van der Waals surface area contributed by atoms with Gasteiger partial charge in [-0.05, 0) is 27.7 Å². The molecule has 0 radical (unpaired) electrons. The Hall–Kier alpha value is -0.250. The lowest BCUT2D eigenvalue weighted by molar-refractivity contribution is 0.751. The first-order chi connectivity index (χ1) is 8.45. The van der Waals surface area contributed by atoms with E-state index in [0.717, 1.165) is 11.7 Å². The Bertz CT molecular complexity index is 370. The van der Waals surface area contributed by atoms with Crippen LogP contribution >= 0.6 is 31.4 Å². The van der Waals surface area contributed by atoms with Crippen molar-refractivity contribution in [2.24, 2.45) is 5.92 Å². The molecule has 0 heterocycles. The van der Waals surface area contributed by atoms with Crippen LogP contribution in [0, 0.1) is 5.92 Å². The predicted octanol–water partition coefficient (Wildman–Crippen LogP) is 5.35. The molecule has 0 saturated carbocycles. The van der Waals surface area contributed by atoms with E-state index in [1.807, 2.05) is 31.4 Å². The van der Waals surface area contributed by atoms with Crippen LogP contribution in [0.4, 0.5) is 0 Å². The van der Waals surface area contributed by atoms with Crippen molar-refractivity contribution in [1.29, 1.82) is 0 Å². The van der Waals surface area contributed by atoms with Crippen LogP contribution in [-0.2, 0) is 5.75 Å². The van der Waals surface area contributed by atoms with Gasteiger partial charge in [0.25, 0.3) is 0 Å². The minimum Gasteiger partial charge on any atom is -0.0839 e. The second-order valence-electron chi connectivity index (χ2n) is 3.91. The Labute approximate surface area is 115 Å². The fourth-order valence-electron chi connectivity index (χ4n) is 1.57. The van der Waals surface area contributed by atoms with Crippen LogP contribution in [0.3, 0.4) is 0 Å². The van der Waals surface area contributed by atoms with Crippen molar-refractivity contribution in [3.8, 4) is 0 Å². The zero-order valence-corrected chi connectivity index (χ0v) is 12.1. The number of rotatable bonds is 6. The molecule has 0 fully saturated rings. The third-order valence-corrected chi connectivity index (χ3v) is 6.80. The third kappa shape index (κ3) is 5.28. The number of benzene rings is 1. The number of allylic oxidation sites excluding steroid dienone is 4. The molecule has 0 N–H and O–H groups in total. The summed E-state index contributed by atoms with van der Waals surface area (Å²) in [6, 6.07) is 10.7. The monoisotopic (exact) mass is 280 g/mol. The van der Waals surface area contributed by atoms with Gasteiger partial charge in [0, 0.05) is 11.5 Å². The highest BCUT2D eigenvalue weighted by atomic mass is 33.5. The summed E-state index contributed by atoms with van der Waals surface area (Å²) in [7, 11) is 5.82. The van der Waals surface area contributed by atoms with Gasteiger partial charge < -0.3 is 0 Å². The quantitative estimate of drug-likeness (QED) is 0.509. The highest BCUT2D eigenvalue weighted by molar-refractivity contribution is 9.09. The summed E-state index contributed by atoms with van der Waals surface area (Å²) < 4.78 is 0. The molecule has 0 aromatic heterocycles. The SMILES string of the molecule is C1=CCC(CSSSCc2ccccc2)C=C1. The van der Waals surface area contributed by atoms with Crippen molar-refractivity contribution in [2.45, 2.75) is 12.2 Å². The molecular weight excluding hydrogens is 264 g/mol. The van der Waals surface area contributed by atoms with E-state index in [1.54, 1.807) is 0 Å². The molecule has 0 saturated heterocycles. The average Bonchev–Trinajstić information content (AvgIpc) is 2.41. The van der Waals surface area contributed by atoms with E-state index in [4.69, 9.17) is 0 Å². The van der Waals surface area contributed by atoms with Gasteiger partial charge >= 0.3 is 0 Å². The molecular formula is C14H16S3. The van der Waals surface area contributed by atoms with Gasteiger partial charge in [-0.2, -0.15) is 0 Å². The van der Waals surface area contributed by atoms with Gasteiger partial charge in [-0.1, -0.05) is 76.2 Å². The van der Waals surface area contributed by atoms with Crippen molar-refractivity contribution in [3.05, 3.63) is 60.2 Å². The van der Waals surface area contributed by atoms with Gasteiger partial charge in [-0.25, -0.2) is 0 Å². The molecule has 0 spiro atoms. The van der Waals surface area contributed by atoms with Crippen LogP contribution in [0.2, 0.25) is 0 Å². The average molecular weight is 280 g/mol. The first-order valence-corrected chi connectivity index (χ1v) is 9.55. The Morgan fingerprint density at radius 2 is 1.94 bits per heavy atom. The normalized spacial score (nSPS) is 18.5. The molecule has 1 aromatic carbocycles. The fourth-order valence-corrected chi connectivity index (χ4v) is 5.49. The third-order valence-electron chi connectivity index (χ3n) is 2.52. The minimum atomic E-state index is 0.731. The molecule has 1 aliphatic rings. The Kier molecular flexibility index (Phi) is 6.17. The highest BCUT2D eigenvalue weighted by Gasteiger charge is 2.05. The van der Waals surface area contributed by atoms with Gasteiger partial charge in [0.15, 0.2) is 0 Å². The second kappa shape index (κ2) is 7.96. The molecule has 0 amide bonds. The van der Waals surface area contributed by atoms with Gasteiger partial charge in [-0.15, -0.1) is 0 Å². The fraction of sp³-hybridized carbons (Fsp3) is 0.286. The lowest BCUT2D eigenvalue weighted by Gasteiger charge is -2.11. The largest absolute Gasteiger partial charge is 0.0839 e. The molecule has 0 bridgehead atoms. The summed E-state index contributed by atoms with van der Waals surface area (Å²) in [6.45, 7) is 0. The van der Waals surface area contributed by atoms with E-state index >= 15 is 0 Å². The summed E-state index contributed by atoms with van der Waals surface area (Å²) >= 11 is 0. The molecule has 0 nitrogen and oxygen atoms in total. The lowest BCUT2D eigenvalue weighted by Crippen LogP contribution is -1.99. The number of hydrogen-bond acceptors (Lipinski definition) is 3. The lowest BCUT2D eigenvalue weighted by atomic mass is 10.0. The molecule has 1 aliphatic carbocycles. The second-order valence-corrected chi connectivity index (χ2v) is 8.19. The Balaban J connectivity index is 1.55. The first kappa shape index (κ1) is 13.2. The van der Waals surface area contributed by atoms with Gasteiger partial charge in [0.2, 0.25) is 0 Å². The molecule has 2 rings (SSSR count). The molecule has 0 aliphatic heterocycles. The van der Waals surface area contributed by atoms with Crippen LogP contribution in [0.1, 0.15) is 12.0 Å². The van der Waals surface area contributed by atoms with E-state index in [9.17, 15) is 0 Å². The maximum atomic E-state index is 2.31. The van der Waals surface area contributed by atoms with Gasteiger partial charge in [-0.3, -0.25) is 0 Å². The van der Waals surface area contributed by atoms with Gasteiger partial charge in [0.05, 0.1) is 0 Å². The van der Waals surface area contributed by atoms with Crippen molar-refractivity contribution in [3.63, 3.8) is 0 Å². The van der Waals surface area contributed by atoms with Crippen LogP contribution in [0.5, 0.6) is 0 Å². The van der Waals surface area contributed by atoms with Crippen molar-refractivity contribution >= 4 is 31.4 Å². The summed E-state index contributed by atoms with van der Waals surface area (Å²) in [5, 5.41) is 0. The van der Waals surface area contributed by atoms with Crippen LogP contribution in [-0.4, -0.2) is 5.75 Å². The first-order valence-electron chi connectivity index (χ1n) is 5.73. The summed E-state index contributed by atoms with van der Waals surface area (Å²) in [4.78, 5) is 0. The highest BCUT2D eigenvalue weighted by Crippen LogP contribution is 2.38. The molecule has 3 heteroatoms. The number of hydrogen-bond donors (Lipinski definition) is 0. The van der Waals surface area contributed by atoms with E-state index in [2.05, 4.69) is 54.6 Å². The Morgan fingerprint density at radius 3 is 2.71 bits per heavy atom. The topological polar surface area (TPSA) is 0 Å². The van der Waals surface area contributed by atoms with E-state index in [1.165, 1.54) is 17.7 Å². The molecule has 90 valence electrons. The van der Waals surface area contributed by atoms with E-state index in [-0.39, 0.29) is 0 Å². The van der Waals surface area contributed by atoms with Crippen molar-refractivity contribution < 1.29 is 0 Å². The predicted molar refractivity (Wildman–Crippen MR) is 84.2 cm³/mol. The zero-order chi connectivity index (χ0) is 11.8. The molecule has 1 unspecified atom stereocenters. The molecule has 17 heavy (non-hydrogen) atoms. The smallest absolute Gasteiger partial charge is 0.0296 e. The summed E-state index contributed by atoms with van der Waals surface area (Å²) in [6.07, 6.45) is 10.1. The molecule has 1 aromatic rings. The standard InChI is InChI=1S/C14H16S3/c1-3-7-13(8-4-1)11-15-17-16-12-14-9-5-2-6-10-14/h1-9,14H,10-12H2. The van der Waals surface area contributed by atoms with Crippen molar-refractivity contribution in [1.82, 2.24) is 0 Å². The van der Waals surface area contributed by atoms with Crippen LogP contribution < -0.4 is 0 Å². The maximum Gasteiger partial charge on any atom is 0.0296 e. The van der Waals surface area contributed by atoms with E-state index in [0.29, 0.717) is 0 Å².